The van der Waals surface area contributed by atoms with Gasteiger partial charge in [0.15, 0.2) is 6.29 Å². The van der Waals surface area contributed by atoms with Gasteiger partial charge in [-0.15, -0.1) is 0 Å². The lowest BCUT2D eigenvalue weighted by Crippen LogP contribution is -2.64. The standard InChI is InChI=1S/C17H36O7/c1-5-9-11-21-15(20)16(13-18,14-19)17(22-7-3,23-8-4)24-12-10-6-2/h15,18-20H,5-14H2,1-4H3. The fourth-order valence-electron chi connectivity index (χ4n) is 2.34. The predicted molar refractivity (Wildman–Crippen MR) is 90.3 cm³/mol. The highest BCUT2D eigenvalue weighted by Crippen LogP contribution is 2.41. The topological polar surface area (TPSA) is 97.6 Å². The lowest BCUT2D eigenvalue weighted by molar-refractivity contribution is -0.462. The van der Waals surface area contributed by atoms with Gasteiger partial charge in [-0.3, -0.25) is 0 Å². The van der Waals surface area contributed by atoms with Gasteiger partial charge >= 0.3 is 0 Å². The maximum atomic E-state index is 10.5. The SMILES string of the molecule is CCCCOC(O)C(CO)(CO)C(OCC)(OCC)OCCCC. The van der Waals surface area contributed by atoms with E-state index in [0.29, 0.717) is 13.2 Å². The molecule has 0 amide bonds. The van der Waals surface area contributed by atoms with E-state index >= 15 is 0 Å². The van der Waals surface area contributed by atoms with Crippen LogP contribution in [0.1, 0.15) is 53.4 Å². The molecule has 146 valence electrons. The number of rotatable bonds is 16. The molecule has 0 saturated carbocycles. The van der Waals surface area contributed by atoms with Crippen LogP contribution in [0.2, 0.25) is 0 Å². The summed E-state index contributed by atoms with van der Waals surface area (Å²) in [5.74, 6) is -1.79. The van der Waals surface area contributed by atoms with Crippen LogP contribution in [-0.2, 0) is 18.9 Å². The van der Waals surface area contributed by atoms with Gasteiger partial charge in [0.25, 0.3) is 5.97 Å². The molecule has 0 saturated heterocycles. The second kappa shape index (κ2) is 13.0. The van der Waals surface area contributed by atoms with Crippen LogP contribution in [0.15, 0.2) is 0 Å². The van der Waals surface area contributed by atoms with Gasteiger partial charge in [-0.2, -0.15) is 0 Å². The average Bonchev–Trinajstić information content (AvgIpc) is 2.57. The zero-order valence-corrected chi connectivity index (χ0v) is 15.6. The third-order valence-electron chi connectivity index (χ3n) is 3.88. The summed E-state index contributed by atoms with van der Waals surface area (Å²) in [7, 11) is 0. The van der Waals surface area contributed by atoms with Gasteiger partial charge in [0.05, 0.1) is 19.8 Å². The van der Waals surface area contributed by atoms with Crippen LogP contribution >= 0.6 is 0 Å². The number of unbranched alkanes of at least 4 members (excludes halogenated alkanes) is 2. The van der Waals surface area contributed by atoms with Crippen LogP contribution in [0.5, 0.6) is 0 Å². The molecule has 0 heterocycles. The first kappa shape index (κ1) is 23.7. The van der Waals surface area contributed by atoms with Gasteiger partial charge in [-0.05, 0) is 26.7 Å². The van der Waals surface area contributed by atoms with Crippen molar-refractivity contribution in [3.8, 4) is 0 Å². The molecule has 7 heteroatoms. The van der Waals surface area contributed by atoms with Crippen molar-refractivity contribution < 1.29 is 34.3 Å². The Morgan fingerprint density at radius 3 is 1.71 bits per heavy atom. The number of aliphatic hydroxyl groups excluding tert-OH is 3. The Balaban J connectivity index is 5.59. The minimum Gasteiger partial charge on any atom is -0.395 e. The summed E-state index contributed by atoms with van der Waals surface area (Å²) >= 11 is 0. The molecule has 24 heavy (non-hydrogen) atoms. The number of ether oxygens (including phenoxy) is 4. The highest BCUT2D eigenvalue weighted by molar-refractivity contribution is 4.91. The van der Waals surface area contributed by atoms with Crippen molar-refractivity contribution >= 4 is 0 Å². The highest BCUT2D eigenvalue weighted by Gasteiger charge is 2.60. The van der Waals surface area contributed by atoms with E-state index in [9.17, 15) is 15.3 Å². The maximum Gasteiger partial charge on any atom is 0.298 e. The third kappa shape index (κ3) is 5.91. The summed E-state index contributed by atoms with van der Waals surface area (Å²) in [6.07, 6.45) is 1.79. The number of aliphatic hydroxyl groups is 3. The molecule has 0 fully saturated rings. The van der Waals surface area contributed by atoms with Crippen molar-refractivity contribution in [1.29, 1.82) is 0 Å². The minimum atomic E-state index is -1.79. The molecule has 0 aromatic heterocycles. The molecule has 0 aliphatic carbocycles. The summed E-state index contributed by atoms with van der Waals surface area (Å²) < 4.78 is 22.6. The lowest BCUT2D eigenvalue weighted by atomic mass is 9.85. The second-order valence-corrected chi connectivity index (χ2v) is 5.67. The summed E-state index contributed by atoms with van der Waals surface area (Å²) in [6.45, 7) is 7.31. The van der Waals surface area contributed by atoms with E-state index in [1.165, 1.54) is 0 Å². The van der Waals surface area contributed by atoms with E-state index in [2.05, 4.69) is 0 Å². The minimum absolute atomic E-state index is 0.218. The van der Waals surface area contributed by atoms with Gasteiger partial charge in [-0.25, -0.2) is 0 Å². The monoisotopic (exact) mass is 352 g/mol. The van der Waals surface area contributed by atoms with Crippen molar-refractivity contribution in [2.75, 3.05) is 39.6 Å². The van der Waals surface area contributed by atoms with E-state index in [-0.39, 0.29) is 13.2 Å². The molecule has 0 radical (unpaired) electrons. The molecular weight excluding hydrogens is 316 g/mol. The molecule has 0 aliphatic rings. The zero-order chi connectivity index (χ0) is 18.5. The van der Waals surface area contributed by atoms with Crippen molar-refractivity contribution in [3.05, 3.63) is 0 Å². The van der Waals surface area contributed by atoms with Gasteiger partial charge < -0.3 is 34.3 Å². The van der Waals surface area contributed by atoms with Gasteiger partial charge in [0, 0.05) is 19.8 Å². The van der Waals surface area contributed by atoms with Crippen molar-refractivity contribution in [3.63, 3.8) is 0 Å². The summed E-state index contributed by atoms with van der Waals surface area (Å²) in [6, 6.07) is 0. The van der Waals surface area contributed by atoms with E-state index < -0.39 is 30.9 Å². The highest BCUT2D eigenvalue weighted by atomic mass is 16.9. The van der Waals surface area contributed by atoms with E-state index in [1.807, 2.05) is 13.8 Å². The van der Waals surface area contributed by atoms with E-state index in [1.54, 1.807) is 13.8 Å². The Kier molecular flexibility index (Phi) is 12.8. The Hall–Kier alpha value is -0.280. The van der Waals surface area contributed by atoms with Crippen molar-refractivity contribution in [2.24, 2.45) is 5.41 Å². The van der Waals surface area contributed by atoms with E-state index in [4.69, 9.17) is 18.9 Å². The third-order valence-corrected chi connectivity index (χ3v) is 3.88. The molecule has 1 unspecified atom stereocenters. The van der Waals surface area contributed by atoms with Crippen molar-refractivity contribution in [1.82, 2.24) is 0 Å². The molecular formula is C17H36O7. The maximum absolute atomic E-state index is 10.5. The molecule has 3 N–H and O–H groups in total. The number of hydrogen-bond donors (Lipinski definition) is 3. The normalized spacial score (nSPS) is 14.1. The predicted octanol–water partition coefficient (Wildman–Crippen LogP) is 1.64. The second-order valence-electron chi connectivity index (χ2n) is 5.67. The molecule has 0 bridgehead atoms. The fraction of sp³-hybridized carbons (Fsp3) is 1.00. The average molecular weight is 352 g/mol. The van der Waals surface area contributed by atoms with Crippen LogP contribution in [0.3, 0.4) is 0 Å². The summed E-state index contributed by atoms with van der Waals surface area (Å²) in [4.78, 5) is 0. The zero-order valence-electron chi connectivity index (χ0n) is 15.6. The first-order chi connectivity index (χ1) is 11.5. The lowest BCUT2D eigenvalue weighted by Gasteiger charge is -2.48. The molecule has 0 aromatic carbocycles. The molecule has 1 atom stereocenters. The Morgan fingerprint density at radius 2 is 1.29 bits per heavy atom. The first-order valence-electron chi connectivity index (χ1n) is 8.97. The molecule has 0 aliphatic heterocycles. The van der Waals surface area contributed by atoms with Gasteiger partial charge in [0.2, 0.25) is 0 Å². The van der Waals surface area contributed by atoms with Gasteiger partial charge in [0.1, 0.15) is 5.41 Å². The van der Waals surface area contributed by atoms with Crippen LogP contribution in [-0.4, -0.2) is 67.2 Å². The quantitative estimate of drug-likeness (QED) is 0.287. The van der Waals surface area contributed by atoms with E-state index in [0.717, 1.165) is 25.7 Å². The fourth-order valence-corrected chi connectivity index (χ4v) is 2.34. The van der Waals surface area contributed by atoms with Gasteiger partial charge in [-0.1, -0.05) is 26.7 Å². The Labute approximate surface area is 145 Å². The smallest absolute Gasteiger partial charge is 0.298 e. The Morgan fingerprint density at radius 1 is 0.792 bits per heavy atom. The van der Waals surface area contributed by atoms with Crippen LogP contribution in [0.4, 0.5) is 0 Å². The molecule has 0 rings (SSSR count). The summed E-state index contributed by atoms with van der Waals surface area (Å²) in [5.41, 5.74) is -1.67. The first-order valence-corrected chi connectivity index (χ1v) is 8.97. The van der Waals surface area contributed by atoms with Crippen LogP contribution in [0, 0.1) is 5.41 Å². The van der Waals surface area contributed by atoms with Crippen LogP contribution in [0.25, 0.3) is 0 Å². The summed E-state index contributed by atoms with van der Waals surface area (Å²) in [5, 5.41) is 30.6. The molecule has 0 aromatic rings. The van der Waals surface area contributed by atoms with Crippen molar-refractivity contribution in [2.45, 2.75) is 65.6 Å². The molecule has 0 spiro atoms. The Bertz CT molecular complexity index is 289. The molecule has 7 nitrogen and oxygen atoms in total. The largest absolute Gasteiger partial charge is 0.395 e. The van der Waals surface area contributed by atoms with Crippen LogP contribution < -0.4 is 0 Å². The number of hydrogen-bond acceptors (Lipinski definition) is 7.